The third-order valence-electron chi connectivity index (χ3n) is 3.06. The third-order valence-corrected chi connectivity index (χ3v) is 5.25. The third kappa shape index (κ3) is 3.05. The van der Waals surface area contributed by atoms with E-state index < -0.39 is 5.60 Å². The number of nitrogens with one attached hydrogen (secondary N) is 1. The second-order valence-corrected chi connectivity index (χ2v) is 7.11. The van der Waals surface area contributed by atoms with Crippen molar-refractivity contribution in [3.8, 4) is 0 Å². The number of carbonyl (C=O) groups is 1. The summed E-state index contributed by atoms with van der Waals surface area (Å²) in [5.41, 5.74) is -1.21. The first kappa shape index (κ1) is 13.8. The molecule has 1 saturated heterocycles. The molecule has 0 saturated carbocycles. The van der Waals surface area contributed by atoms with E-state index in [0.717, 1.165) is 16.4 Å². The molecule has 1 aromatic heterocycles. The number of thioether (sulfide) groups is 1. The second-order valence-electron chi connectivity index (χ2n) is 4.82. The minimum absolute atomic E-state index is 0.313. The maximum atomic E-state index is 12.1. The largest absolute Gasteiger partial charge is 0.380 e. The van der Waals surface area contributed by atoms with E-state index in [1.54, 1.807) is 18.0 Å². The van der Waals surface area contributed by atoms with Gasteiger partial charge in [-0.2, -0.15) is 11.8 Å². The van der Waals surface area contributed by atoms with Gasteiger partial charge in [0.1, 0.15) is 5.60 Å². The maximum Gasteiger partial charge on any atom is 0.258 e. The zero-order chi connectivity index (χ0) is 13.2. The Morgan fingerprint density at radius 2 is 2.17 bits per heavy atom. The number of carbonyl (C=O) groups excluding carboxylic acids is 1. The average molecular weight is 286 g/mol. The van der Waals surface area contributed by atoms with E-state index in [1.165, 1.54) is 11.3 Å². The van der Waals surface area contributed by atoms with Gasteiger partial charge in [-0.05, 0) is 30.3 Å². The number of rotatable bonds is 3. The Morgan fingerprint density at radius 1 is 1.50 bits per heavy atom. The number of hydrogen-bond acceptors (Lipinski definition) is 5. The van der Waals surface area contributed by atoms with Gasteiger partial charge < -0.3 is 5.11 Å². The molecular weight excluding hydrogens is 268 g/mol. The van der Waals surface area contributed by atoms with Crippen LogP contribution in [-0.2, 0) is 4.79 Å². The predicted octanol–water partition coefficient (Wildman–Crippen LogP) is 2.46. The van der Waals surface area contributed by atoms with Gasteiger partial charge in [-0.1, -0.05) is 13.8 Å². The molecule has 0 bridgehead atoms. The Balaban J connectivity index is 2.01. The minimum atomic E-state index is -1.21. The molecule has 0 spiro atoms. The van der Waals surface area contributed by atoms with E-state index >= 15 is 0 Å². The topological polar surface area (TPSA) is 62.2 Å². The smallest absolute Gasteiger partial charge is 0.258 e. The van der Waals surface area contributed by atoms with E-state index in [4.69, 9.17) is 0 Å². The molecule has 1 aromatic rings. The van der Waals surface area contributed by atoms with E-state index in [9.17, 15) is 9.90 Å². The average Bonchev–Trinajstić information content (AvgIpc) is 2.78. The van der Waals surface area contributed by atoms with Crippen molar-refractivity contribution in [2.24, 2.45) is 0 Å². The molecule has 1 amide bonds. The summed E-state index contributed by atoms with van der Waals surface area (Å²) in [7, 11) is 0. The quantitative estimate of drug-likeness (QED) is 0.896. The van der Waals surface area contributed by atoms with Crippen LogP contribution in [0.25, 0.3) is 0 Å². The first-order chi connectivity index (χ1) is 8.51. The number of hydrogen-bond donors (Lipinski definition) is 2. The van der Waals surface area contributed by atoms with Crippen molar-refractivity contribution < 1.29 is 9.90 Å². The molecule has 2 heterocycles. The van der Waals surface area contributed by atoms with Crippen molar-refractivity contribution in [2.45, 2.75) is 38.2 Å². The molecule has 4 nitrogen and oxygen atoms in total. The van der Waals surface area contributed by atoms with E-state index in [2.05, 4.69) is 24.1 Å². The molecule has 0 unspecified atom stereocenters. The predicted molar refractivity (Wildman–Crippen MR) is 76.3 cm³/mol. The number of aliphatic hydroxyl groups is 1. The van der Waals surface area contributed by atoms with Crippen LogP contribution < -0.4 is 5.32 Å². The van der Waals surface area contributed by atoms with Gasteiger partial charge in [0.2, 0.25) is 0 Å². The van der Waals surface area contributed by atoms with Crippen LogP contribution in [-0.4, -0.2) is 33.1 Å². The van der Waals surface area contributed by atoms with Crippen molar-refractivity contribution in [3.05, 3.63) is 11.1 Å². The first-order valence-corrected chi connectivity index (χ1v) is 8.06. The minimum Gasteiger partial charge on any atom is -0.380 e. The van der Waals surface area contributed by atoms with Crippen LogP contribution in [0.15, 0.2) is 6.20 Å². The monoisotopic (exact) mass is 286 g/mol. The highest BCUT2D eigenvalue weighted by Gasteiger charge is 2.37. The summed E-state index contributed by atoms with van der Waals surface area (Å²) in [6, 6.07) is 0. The van der Waals surface area contributed by atoms with E-state index in [-0.39, 0.29) is 5.91 Å². The van der Waals surface area contributed by atoms with Gasteiger partial charge in [0.15, 0.2) is 5.13 Å². The lowest BCUT2D eigenvalue weighted by atomic mass is 9.96. The summed E-state index contributed by atoms with van der Waals surface area (Å²) in [5.74, 6) is 1.76. The summed E-state index contributed by atoms with van der Waals surface area (Å²) >= 11 is 3.25. The number of anilines is 1. The van der Waals surface area contributed by atoms with Crippen LogP contribution in [0.5, 0.6) is 0 Å². The summed E-state index contributed by atoms with van der Waals surface area (Å²) in [6.07, 6.45) is 2.82. The maximum absolute atomic E-state index is 12.1. The van der Waals surface area contributed by atoms with Gasteiger partial charge in [-0.25, -0.2) is 4.98 Å². The van der Waals surface area contributed by atoms with Gasteiger partial charge in [-0.3, -0.25) is 10.1 Å². The zero-order valence-electron chi connectivity index (χ0n) is 10.6. The second kappa shape index (κ2) is 5.59. The van der Waals surface area contributed by atoms with Crippen LogP contribution in [0.4, 0.5) is 5.13 Å². The first-order valence-electron chi connectivity index (χ1n) is 6.08. The summed E-state index contributed by atoms with van der Waals surface area (Å²) in [6.45, 7) is 4.18. The van der Waals surface area contributed by atoms with Crippen LogP contribution in [0.2, 0.25) is 0 Å². The highest BCUT2D eigenvalue weighted by atomic mass is 32.2. The molecule has 6 heteroatoms. The van der Waals surface area contributed by atoms with Gasteiger partial charge in [0.25, 0.3) is 5.91 Å². The lowest BCUT2D eigenvalue weighted by Gasteiger charge is -2.29. The summed E-state index contributed by atoms with van der Waals surface area (Å²) < 4.78 is 0. The molecule has 1 fully saturated rings. The highest BCUT2D eigenvalue weighted by Crippen LogP contribution is 2.30. The Kier molecular flexibility index (Phi) is 4.29. The molecule has 0 atom stereocenters. The molecule has 1 aliphatic rings. The number of nitrogens with zero attached hydrogens (tertiary/aromatic N) is 1. The number of amides is 1. The zero-order valence-corrected chi connectivity index (χ0v) is 12.2. The summed E-state index contributed by atoms with van der Waals surface area (Å²) in [4.78, 5) is 17.4. The fraction of sp³-hybridized carbons (Fsp3) is 0.667. The lowest BCUT2D eigenvalue weighted by molar-refractivity contribution is -0.134. The van der Waals surface area contributed by atoms with Crippen molar-refractivity contribution in [2.75, 3.05) is 16.8 Å². The Morgan fingerprint density at radius 3 is 2.72 bits per heavy atom. The van der Waals surface area contributed by atoms with Gasteiger partial charge in [0.05, 0.1) is 0 Å². The lowest BCUT2D eigenvalue weighted by Crippen LogP contribution is -2.45. The molecule has 2 N–H and O–H groups in total. The molecule has 18 heavy (non-hydrogen) atoms. The molecule has 0 aromatic carbocycles. The normalized spacial score (nSPS) is 18.9. The SMILES string of the molecule is CC(C)c1cnc(NC(=O)C2(O)CCSCC2)s1. The van der Waals surface area contributed by atoms with Crippen LogP contribution >= 0.6 is 23.1 Å². The molecular formula is C12H18N2O2S2. The van der Waals surface area contributed by atoms with Gasteiger partial charge >= 0.3 is 0 Å². The van der Waals surface area contributed by atoms with Crippen molar-refractivity contribution in [3.63, 3.8) is 0 Å². The fourth-order valence-electron chi connectivity index (χ4n) is 1.76. The Hall–Kier alpha value is -0.590. The standard InChI is InChI=1S/C12H18N2O2S2/c1-8(2)9-7-13-11(18-9)14-10(15)12(16)3-5-17-6-4-12/h7-8,16H,3-6H2,1-2H3,(H,13,14,15). The van der Waals surface area contributed by atoms with Crippen molar-refractivity contribution in [1.82, 2.24) is 4.98 Å². The molecule has 0 radical (unpaired) electrons. The fourth-order valence-corrected chi connectivity index (χ4v) is 3.74. The number of thiazole rings is 1. The van der Waals surface area contributed by atoms with E-state index in [0.29, 0.717) is 23.9 Å². The van der Waals surface area contributed by atoms with Crippen LogP contribution in [0.1, 0.15) is 37.5 Å². The molecule has 100 valence electrons. The van der Waals surface area contributed by atoms with Gasteiger partial charge in [-0.15, -0.1) is 11.3 Å². The van der Waals surface area contributed by atoms with Crippen LogP contribution in [0, 0.1) is 0 Å². The number of aromatic nitrogens is 1. The molecule has 1 aliphatic heterocycles. The Labute approximate surface area is 115 Å². The van der Waals surface area contributed by atoms with Crippen molar-refractivity contribution >= 4 is 34.1 Å². The van der Waals surface area contributed by atoms with E-state index in [1.807, 2.05) is 0 Å². The Bertz CT molecular complexity index is 425. The molecule has 2 rings (SSSR count). The highest BCUT2D eigenvalue weighted by molar-refractivity contribution is 7.99. The van der Waals surface area contributed by atoms with Crippen LogP contribution in [0.3, 0.4) is 0 Å². The molecule has 0 aliphatic carbocycles. The van der Waals surface area contributed by atoms with Crippen molar-refractivity contribution in [1.29, 1.82) is 0 Å². The van der Waals surface area contributed by atoms with Gasteiger partial charge in [0, 0.05) is 11.1 Å². The summed E-state index contributed by atoms with van der Waals surface area (Å²) in [5, 5.41) is 13.6.